The van der Waals surface area contributed by atoms with Crippen molar-refractivity contribution in [1.29, 1.82) is 0 Å². The Morgan fingerprint density at radius 1 is 1.54 bits per heavy atom. The molecule has 1 aromatic rings. The van der Waals surface area contributed by atoms with Crippen LogP contribution in [0.3, 0.4) is 0 Å². The molecule has 0 unspecified atom stereocenters. The predicted molar refractivity (Wildman–Crippen MR) is 50.8 cm³/mol. The summed E-state index contributed by atoms with van der Waals surface area (Å²) in [6.07, 6.45) is 0. The molecule has 0 heterocycles. The van der Waals surface area contributed by atoms with E-state index < -0.39 is 0 Å². The maximum Gasteiger partial charge on any atom is 0.253 e. The van der Waals surface area contributed by atoms with E-state index in [0.29, 0.717) is 17.0 Å². The quantitative estimate of drug-likeness (QED) is 0.656. The number of methoxy groups -OCH3 is 1. The van der Waals surface area contributed by atoms with Gasteiger partial charge in [-0.3, -0.25) is 4.79 Å². The number of ether oxygens (including phenoxy) is 1. The number of rotatable bonds is 2. The summed E-state index contributed by atoms with van der Waals surface area (Å²) in [6.45, 7) is 0. The summed E-state index contributed by atoms with van der Waals surface area (Å²) in [7, 11) is 3.07. The largest absolute Gasteiger partial charge is 0.495 e. The zero-order valence-corrected chi connectivity index (χ0v) is 7.63. The summed E-state index contributed by atoms with van der Waals surface area (Å²) >= 11 is 0. The molecule has 0 aromatic heterocycles. The van der Waals surface area contributed by atoms with E-state index in [1.165, 1.54) is 7.11 Å². The number of hydrogen-bond acceptors (Lipinski definition) is 3. The number of anilines is 1. The topological polar surface area (TPSA) is 64.3 Å². The van der Waals surface area contributed by atoms with Gasteiger partial charge in [0.1, 0.15) is 5.75 Å². The van der Waals surface area contributed by atoms with Crippen LogP contribution in [-0.2, 0) is 0 Å². The Kier molecular flexibility index (Phi) is 2.74. The highest BCUT2D eigenvalue weighted by molar-refractivity contribution is 6.00. The smallest absolute Gasteiger partial charge is 0.253 e. The van der Waals surface area contributed by atoms with Gasteiger partial charge in [-0.05, 0) is 12.1 Å². The van der Waals surface area contributed by atoms with Gasteiger partial charge >= 0.3 is 0 Å². The highest BCUT2D eigenvalue weighted by atomic mass is 16.5. The SMILES string of the molecule is CNC(=O)c1cccc(OC)c1N. The van der Waals surface area contributed by atoms with Gasteiger partial charge < -0.3 is 15.8 Å². The molecule has 0 aliphatic heterocycles. The molecule has 0 radical (unpaired) electrons. The van der Waals surface area contributed by atoms with Crippen LogP contribution in [0, 0.1) is 0 Å². The molecule has 0 atom stereocenters. The van der Waals surface area contributed by atoms with Gasteiger partial charge in [0.2, 0.25) is 0 Å². The zero-order chi connectivity index (χ0) is 9.84. The monoisotopic (exact) mass is 180 g/mol. The van der Waals surface area contributed by atoms with E-state index in [9.17, 15) is 4.79 Å². The highest BCUT2D eigenvalue weighted by Gasteiger charge is 2.10. The summed E-state index contributed by atoms with van der Waals surface area (Å²) in [5, 5.41) is 2.50. The third-order valence-corrected chi connectivity index (χ3v) is 1.76. The third-order valence-electron chi connectivity index (χ3n) is 1.76. The summed E-state index contributed by atoms with van der Waals surface area (Å²) in [5.74, 6) is 0.303. The van der Waals surface area contributed by atoms with E-state index in [1.807, 2.05) is 0 Å². The van der Waals surface area contributed by atoms with Gasteiger partial charge in [-0.1, -0.05) is 6.07 Å². The van der Waals surface area contributed by atoms with E-state index in [2.05, 4.69) is 5.32 Å². The summed E-state index contributed by atoms with van der Waals surface area (Å²) in [4.78, 5) is 11.3. The molecule has 1 rings (SSSR count). The number of amides is 1. The molecule has 0 aliphatic rings. The Balaban J connectivity index is 3.15. The molecule has 13 heavy (non-hydrogen) atoms. The van der Waals surface area contributed by atoms with Crippen LogP contribution in [0.25, 0.3) is 0 Å². The lowest BCUT2D eigenvalue weighted by Crippen LogP contribution is -2.19. The number of nitrogen functional groups attached to an aromatic ring is 1. The molecule has 0 aliphatic carbocycles. The van der Waals surface area contributed by atoms with Crippen molar-refractivity contribution in [3.05, 3.63) is 23.8 Å². The molecule has 0 bridgehead atoms. The van der Waals surface area contributed by atoms with Gasteiger partial charge in [-0.25, -0.2) is 0 Å². The first-order chi connectivity index (χ1) is 6.20. The van der Waals surface area contributed by atoms with Gasteiger partial charge in [0.25, 0.3) is 5.91 Å². The molecule has 4 nitrogen and oxygen atoms in total. The van der Waals surface area contributed by atoms with Crippen LogP contribution in [-0.4, -0.2) is 20.1 Å². The molecule has 3 N–H and O–H groups in total. The highest BCUT2D eigenvalue weighted by Crippen LogP contribution is 2.24. The number of benzene rings is 1. The van der Waals surface area contributed by atoms with Crippen molar-refractivity contribution in [2.75, 3.05) is 19.9 Å². The van der Waals surface area contributed by atoms with E-state index in [1.54, 1.807) is 25.2 Å². The second-order valence-electron chi connectivity index (χ2n) is 2.50. The molecule has 1 amide bonds. The minimum absolute atomic E-state index is 0.212. The number of carbonyl (C=O) groups excluding carboxylic acids is 1. The average Bonchev–Trinajstić information content (AvgIpc) is 2.17. The second kappa shape index (κ2) is 3.80. The fraction of sp³-hybridized carbons (Fsp3) is 0.222. The van der Waals surface area contributed by atoms with Gasteiger partial charge in [-0.15, -0.1) is 0 Å². The molecule has 1 aromatic carbocycles. The summed E-state index contributed by atoms with van der Waals surface area (Å²) in [6, 6.07) is 5.08. The third kappa shape index (κ3) is 1.72. The van der Waals surface area contributed by atoms with E-state index >= 15 is 0 Å². The van der Waals surface area contributed by atoms with Gasteiger partial charge in [0.05, 0.1) is 18.4 Å². The maximum atomic E-state index is 11.3. The van der Waals surface area contributed by atoms with Crippen LogP contribution in [0.5, 0.6) is 5.75 Å². The lowest BCUT2D eigenvalue weighted by atomic mass is 10.1. The fourth-order valence-corrected chi connectivity index (χ4v) is 1.05. The average molecular weight is 180 g/mol. The van der Waals surface area contributed by atoms with Crippen LogP contribution in [0.1, 0.15) is 10.4 Å². The van der Waals surface area contributed by atoms with Gasteiger partial charge in [-0.2, -0.15) is 0 Å². The number of para-hydroxylation sites is 1. The molecular formula is C9H12N2O2. The Morgan fingerprint density at radius 3 is 2.77 bits per heavy atom. The Bertz CT molecular complexity index is 323. The van der Waals surface area contributed by atoms with Crippen LogP contribution in [0.15, 0.2) is 18.2 Å². The molecule has 0 saturated carbocycles. The number of nitrogens with one attached hydrogen (secondary N) is 1. The molecule has 4 heteroatoms. The predicted octanol–water partition coefficient (Wildman–Crippen LogP) is 0.637. The summed E-state index contributed by atoms with van der Waals surface area (Å²) in [5.41, 5.74) is 6.48. The normalized spacial score (nSPS) is 9.38. The first kappa shape index (κ1) is 9.38. The first-order valence-corrected chi connectivity index (χ1v) is 3.85. The van der Waals surface area contributed by atoms with Crippen molar-refractivity contribution in [2.45, 2.75) is 0 Å². The summed E-state index contributed by atoms with van der Waals surface area (Å²) < 4.78 is 4.98. The van der Waals surface area contributed by atoms with Crippen molar-refractivity contribution < 1.29 is 9.53 Å². The van der Waals surface area contributed by atoms with Crippen molar-refractivity contribution in [3.8, 4) is 5.75 Å². The van der Waals surface area contributed by atoms with Crippen LogP contribution in [0.4, 0.5) is 5.69 Å². The number of carbonyl (C=O) groups is 1. The van der Waals surface area contributed by atoms with Crippen molar-refractivity contribution in [1.82, 2.24) is 5.32 Å². The van der Waals surface area contributed by atoms with E-state index in [-0.39, 0.29) is 5.91 Å². The second-order valence-corrected chi connectivity index (χ2v) is 2.50. The molecular weight excluding hydrogens is 168 g/mol. The zero-order valence-electron chi connectivity index (χ0n) is 7.63. The lowest BCUT2D eigenvalue weighted by Gasteiger charge is -2.08. The van der Waals surface area contributed by atoms with Crippen LogP contribution < -0.4 is 15.8 Å². The van der Waals surface area contributed by atoms with Gasteiger partial charge in [0.15, 0.2) is 0 Å². The molecule has 0 spiro atoms. The van der Waals surface area contributed by atoms with Crippen molar-refractivity contribution in [3.63, 3.8) is 0 Å². The Hall–Kier alpha value is -1.71. The van der Waals surface area contributed by atoms with Gasteiger partial charge in [0, 0.05) is 7.05 Å². The first-order valence-electron chi connectivity index (χ1n) is 3.85. The number of nitrogens with two attached hydrogens (primary N) is 1. The van der Waals surface area contributed by atoms with E-state index in [4.69, 9.17) is 10.5 Å². The van der Waals surface area contributed by atoms with Crippen LogP contribution >= 0.6 is 0 Å². The minimum Gasteiger partial charge on any atom is -0.495 e. The molecule has 0 saturated heterocycles. The Labute approximate surface area is 76.7 Å². The van der Waals surface area contributed by atoms with Crippen molar-refractivity contribution in [2.24, 2.45) is 0 Å². The maximum absolute atomic E-state index is 11.3. The standard InChI is InChI=1S/C9H12N2O2/c1-11-9(12)6-4-3-5-7(13-2)8(6)10/h3-5H,10H2,1-2H3,(H,11,12). The van der Waals surface area contributed by atoms with E-state index in [0.717, 1.165) is 0 Å². The minimum atomic E-state index is -0.212. The van der Waals surface area contributed by atoms with Crippen molar-refractivity contribution >= 4 is 11.6 Å². The number of hydrogen-bond donors (Lipinski definition) is 2. The molecule has 70 valence electrons. The Morgan fingerprint density at radius 2 is 2.23 bits per heavy atom. The van der Waals surface area contributed by atoms with Crippen LogP contribution in [0.2, 0.25) is 0 Å². The fourth-order valence-electron chi connectivity index (χ4n) is 1.05. The molecule has 0 fully saturated rings. The lowest BCUT2D eigenvalue weighted by molar-refractivity contribution is 0.0963.